The van der Waals surface area contributed by atoms with E-state index in [0.29, 0.717) is 16.5 Å². The average Bonchev–Trinajstić information content (AvgIpc) is 3.23. The maximum Gasteiger partial charge on any atom is 0.381 e. The molecular formula is C17H10N4O4. The first-order valence-electron chi connectivity index (χ1n) is 7.32. The van der Waals surface area contributed by atoms with Crippen molar-refractivity contribution in [3.63, 3.8) is 0 Å². The van der Waals surface area contributed by atoms with Gasteiger partial charge in [0.1, 0.15) is 11.4 Å². The molecule has 0 unspecified atom stereocenters. The Morgan fingerprint density at radius 2 is 1.64 bits per heavy atom. The van der Waals surface area contributed by atoms with Crippen LogP contribution in [0.1, 0.15) is 31.2 Å². The number of nitrogens with zero attached hydrogens (tertiary/aromatic N) is 3. The quantitative estimate of drug-likeness (QED) is 0.733. The molecule has 0 fully saturated rings. The summed E-state index contributed by atoms with van der Waals surface area (Å²) in [5.74, 6) is -2.26. The minimum absolute atomic E-state index is 0.00258. The van der Waals surface area contributed by atoms with Crippen LogP contribution in [0.5, 0.6) is 0 Å². The Bertz CT molecular complexity index is 962. The lowest BCUT2D eigenvalue weighted by Crippen LogP contribution is -2.32. The van der Waals surface area contributed by atoms with Gasteiger partial charge in [-0.1, -0.05) is 23.3 Å². The summed E-state index contributed by atoms with van der Waals surface area (Å²) in [6, 6.07) is 13.0. The first-order valence-corrected chi connectivity index (χ1v) is 7.32. The summed E-state index contributed by atoms with van der Waals surface area (Å²) in [7, 11) is 0. The van der Waals surface area contributed by atoms with E-state index in [1.165, 1.54) is 18.2 Å². The van der Waals surface area contributed by atoms with Gasteiger partial charge in [-0.3, -0.25) is 19.7 Å². The van der Waals surface area contributed by atoms with Crippen LogP contribution in [0.2, 0.25) is 0 Å². The average molecular weight is 334 g/mol. The minimum atomic E-state index is -0.899. The maximum absolute atomic E-state index is 12.2. The topological polar surface area (TPSA) is 105 Å². The number of fused-ring (bicyclic) bond motifs is 1. The number of hydroxylamine groups is 2. The van der Waals surface area contributed by atoms with Crippen LogP contribution in [0.15, 0.2) is 54.7 Å². The Morgan fingerprint density at radius 3 is 2.28 bits per heavy atom. The molecule has 0 saturated carbocycles. The molecule has 0 spiro atoms. The lowest BCUT2D eigenvalue weighted by molar-refractivity contribution is -0.0588. The summed E-state index contributed by atoms with van der Waals surface area (Å²) < 4.78 is 0. The second-order valence-corrected chi connectivity index (χ2v) is 5.21. The number of aromatic amines is 1. The highest BCUT2D eigenvalue weighted by Gasteiger charge is 2.39. The number of hydrogen-bond acceptors (Lipinski definition) is 6. The van der Waals surface area contributed by atoms with Gasteiger partial charge in [0.05, 0.1) is 16.8 Å². The van der Waals surface area contributed by atoms with Crippen molar-refractivity contribution in [3.8, 4) is 11.4 Å². The Hall–Kier alpha value is -3.81. The van der Waals surface area contributed by atoms with E-state index in [1.54, 1.807) is 36.5 Å². The largest absolute Gasteiger partial charge is 0.381 e. The molecule has 2 aromatic heterocycles. The molecule has 8 heteroatoms. The first-order chi connectivity index (χ1) is 12.1. The number of benzene rings is 1. The van der Waals surface area contributed by atoms with Gasteiger partial charge in [0.25, 0.3) is 11.8 Å². The van der Waals surface area contributed by atoms with Gasteiger partial charge in [-0.25, -0.2) is 4.79 Å². The molecule has 8 nitrogen and oxygen atoms in total. The number of hydrogen-bond donors (Lipinski definition) is 1. The third kappa shape index (κ3) is 2.45. The Morgan fingerprint density at radius 1 is 0.960 bits per heavy atom. The van der Waals surface area contributed by atoms with Crippen molar-refractivity contribution in [1.29, 1.82) is 0 Å². The highest BCUT2D eigenvalue weighted by molar-refractivity contribution is 6.21. The van der Waals surface area contributed by atoms with Crippen LogP contribution in [-0.4, -0.2) is 38.0 Å². The first kappa shape index (κ1) is 14.8. The van der Waals surface area contributed by atoms with E-state index in [1.807, 2.05) is 0 Å². The molecule has 25 heavy (non-hydrogen) atoms. The molecule has 0 saturated heterocycles. The summed E-state index contributed by atoms with van der Waals surface area (Å²) >= 11 is 0. The van der Waals surface area contributed by atoms with Gasteiger partial charge in [-0.15, -0.1) is 0 Å². The summed E-state index contributed by atoms with van der Waals surface area (Å²) in [5, 5.41) is 6.95. The van der Waals surface area contributed by atoms with Crippen molar-refractivity contribution >= 4 is 17.8 Å². The second kappa shape index (κ2) is 5.68. The third-order valence-corrected chi connectivity index (χ3v) is 3.66. The Balaban J connectivity index is 1.55. The predicted octanol–water partition coefficient (Wildman–Crippen LogP) is 1.84. The Labute approximate surface area is 141 Å². The summed E-state index contributed by atoms with van der Waals surface area (Å²) in [6.07, 6.45) is 1.60. The lowest BCUT2D eigenvalue weighted by Gasteiger charge is -2.11. The van der Waals surface area contributed by atoms with Crippen molar-refractivity contribution in [2.75, 3.05) is 0 Å². The zero-order valence-electron chi connectivity index (χ0n) is 12.7. The number of H-pyrrole nitrogens is 1. The number of amides is 2. The number of carbonyl (C=O) groups is 3. The van der Waals surface area contributed by atoms with E-state index in [0.717, 1.165) is 0 Å². The highest BCUT2D eigenvalue weighted by atomic mass is 16.7. The molecule has 3 aromatic rings. The monoisotopic (exact) mass is 334 g/mol. The van der Waals surface area contributed by atoms with E-state index in [-0.39, 0.29) is 16.8 Å². The van der Waals surface area contributed by atoms with Gasteiger partial charge in [-0.05, 0) is 24.3 Å². The summed E-state index contributed by atoms with van der Waals surface area (Å²) in [5.41, 5.74) is 1.39. The molecule has 1 N–H and O–H groups in total. The van der Waals surface area contributed by atoms with Crippen molar-refractivity contribution < 1.29 is 19.2 Å². The van der Waals surface area contributed by atoms with E-state index in [2.05, 4.69) is 15.2 Å². The predicted molar refractivity (Wildman–Crippen MR) is 84.2 cm³/mol. The summed E-state index contributed by atoms with van der Waals surface area (Å²) in [6.45, 7) is 0. The molecule has 122 valence electrons. The van der Waals surface area contributed by atoms with Crippen LogP contribution in [-0.2, 0) is 4.84 Å². The fourth-order valence-electron chi connectivity index (χ4n) is 2.45. The van der Waals surface area contributed by atoms with Gasteiger partial charge in [0.2, 0.25) is 0 Å². The molecule has 0 atom stereocenters. The number of imide groups is 1. The molecule has 4 rings (SSSR count). The van der Waals surface area contributed by atoms with Crippen LogP contribution < -0.4 is 0 Å². The van der Waals surface area contributed by atoms with Crippen LogP contribution in [0.3, 0.4) is 0 Å². The molecule has 0 radical (unpaired) electrons. The van der Waals surface area contributed by atoms with Gasteiger partial charge < -0.3 is 4.84 Å². The van der Waals surface area contributed by atoms with Crippen molar-refractivity contribution in [3.05, 3.63) is 71.5 Å². The highest BCUT2D eigenvalue weighted by Crippen LogP contribution is 2.23. The van der Waals surface area contributed by atoms with Crippen molar-refractivity contribution in [1.82, 2.24) is 20.2 Å². The third-order valence-electron chi connectivity index (χ3n) is 3.66. The van der Waals surface area contributed by atoms with E-state index < -0.39 is 17.8 Å². The molecule has 1 aliphatic rings. The molecule has 2 amide bonds. The van der Waals surface area contributed by atoms with Gasteiger partial charge in [-0.2, -0.15) is 5.10 Å². The Kier molecular flexibility index (Phi) is 3.35. The number of nitrogens with one attached hydrogen (secondary N) is 1. The van der Waals surface area contributed by atoms with Gasteiger partial charge in [0.15, 0.2) is 0 Å². The standard InChI is InChI=1S/C17H10N4O4/c22-15-10-5-1-2-6-11(10)16(23)21(15)25-17(24)14-9-13(19-20-14)12-7-3-4-8-18-12/h1-9H,(H,19,20). The van der Waals surface area contributed by atoms with Crippen LogP contribution in [0.25, 0.3) is 11.4 Å². The fourth-order valence-corrected chi connectivity index (χ4v) is 2.45. The fraction of sp³-hybridized carbons (Fsp3) is 0. The minimum Gasteiger partial charge on any atom is -0.323 e. The van der Waals surface area contributed by atoms with Crippen LogP contribution in [0, 0.1) is 0 Å². The normalized spacial score (nSPS) is 13.0. The summed E-state index contributed by atoms with van der Waals surface area (Å²) in [4.78, 5) is 45.7. The zero-order valence-corrected chi connectivity index (χ0v) is 12.7. The van der Waals surface area contributed by atoms with Gasteiger partial charge >= 0.3 is 5.97 Å². The smallest absolute Gasteiger partial charge is 0.323 e. The van der Waals surface area contributed by atoms with Crippen molar-refractivity contribution in [2.45, 2.75) is 0 Å². The van der Waals surface area contributed by atoms with Gasteiger partial charge in [0, 0.05) is 12.3 Å². The second-order valence-electron chi connectivity index (χ2n) is 5.21. The van der Waals surface area contributed by atoms with Crippen LogP contribution >= 0.6 is 0 Å². The van der Waals surface area contributed by atoms with Crippen LogP contribution in [0.4, 0.5) is 0 Å². The SMILES string of the molecule is O=C(ON1C(=O)c2ccccc2C1=O)c1cc(-c2ccccn2)n[nH]1. The maximum atomic E-state index is 12.2. The van der Waals surface area contributed by atoms with E-state index in [9.17, 15) is 14.4 Å². The molecule has 1 aromatic carbocycles. The zero-order chi connectivity index (χ0) is 17.4. The molecule has 0 aliphatic carbocycles. The number of aromatic nitrogens is 3. The molecular weight excluding hydrogens is 324 g/mol. The number of pyridine rings is 1. The molecule has 1 aliphatic heterocycles. The van der Waals surface area contributed by atoms with E-state index >= 15 is 0 Å². The van der Waals surface area contributed by atoms with E-state index in [4.69, 9.17) is 4.84 Å². The number of carbonyl (C=O) groups excluding carboxylic acids is 3. The molecule has 3 heterocycles. The number of rotatable bonds is 3. The van der Waals surface area contributed by atoms with Crippen molar-refractivity contribution in [2.24, 2.45) is 0 Å². The lowest BCUT2D eigenvalue weighted by atomic mass is 10.1. The molecule has 0 bridgehead atoms.